The largest absolute Gasteiger partial charge is 0.381 e. The van der Waals surface area contributed by atoms with Crippen molar-refractivity contribution in [3.05, 3.63) is 35.4 Å². The van der Waals surface area contributed by atoms with Crippen molar-refractivity contribution in [3.8, 4) is 0 Å². The maximum atomic E-state index is 11.7. The van der Waals surface area contributed by atoms with Crippen LogP contribution in [0.2, 0.25) is 0 Å². The zero-order chi connectivity index (χ0) is 15.3. The molecule has 1 aromatic rings. The minimum atomic E-state index is 0.149. The molecule has 1 rings (SSSR count). The van der Waals surface area contributed by atoms with Crippen molar-refractivity contribution >= 4 is 5.91 Å². The fraction of sp³-hybridized carbons (Fsp3) is 0.611. The van der Waals surface area contributed by atoms with Crippen LogP contribution in [-0.2, 0) is 16.0 Å². The Morgan fingerprint density at radius 2 is 1.81 bits per heavy atom. The predicted octanol–water partition coefficient (Wildman–Crippen LogP) is 3.64. The highest BCUT2D eigenvalue weighted by molar-refractivity contribution is 5.75. The third-order valence-electron chi connectivity index (χ3n) is 3.42. The number of hydrogen-bond acceptors (Lipinski definition) is 2. The van der Waals surface area contributed by atoms with E-state index in [2.05, 4.69) is 43.4 Å². The SMILES string of the molecule is CCCCOCCCNC(=O)CCCc1ccc(C)cc1. The summed E-state index contributed by atoms with van der Waals surface area (Å²) in [6.45, 7) is 6.53. The van der Waals surface area contributed by atoms with Gasteiger partial charge in [-0.05, 0) is 38.2 Å². The van der Waals surface area contributed by atoms with E-state index in [1.165, 1.54) is 11.1 Å². The Bertz CT molecular complexity index is 387. The van der Waals surface area contributed by atoms with Gasteiger partial charge < -0.3 is 10.1 Å². The van der Waals surface area contributed by atoms with Crippen LogP contribution in [0.3, 0.4) is 0 Å². The van der Waals surface area contributed by atoms with Crippen LogP contribution in [0.4, 0.5) is 0 Å². The lowest BCUT2D eigenvalue weighted by molar-refractivity contribution is -0.121. The molecule has 21 heavy (non-hydrogen) atoms. The first kappa shape index (κ1) is 17.7. The van der Waals surface area contributed by atoms with Crippen molar-refractivity contribution in [1.29, 1.82) is 0 Å². The predicted molar refractivity (Wildman–Crippen MR) is 87.5 cm³/mol. The summed E-state index contributed by atoms with van der Waals surface area (Å²) in [5.74, 6) is 0.149. The van der Waals surface area contributed by atoms with Gasteiger partial charge in [0.2, 0.25) is 5.91 Å². The molecular formula is C18H29NO2. The molecule has 0 bridgehead atoms. The number of aryl methyl sites for hydroxylation is 2. The summed E-state index contributed by atoms with van der Waals surface area (Å²) in [5, 5.41) is 2.95. The molecule has 0 radical (unpaired) electrons. The van der Waals surface area contributed by atoms with Crippen LogP contribution in [0.15, 0.2) is 24.3 Å². The molecule has 0 fully saturated rings. The molecule has 0 atom stereocenters. The number of nitrogens with one attached hydrogen (secondary N) is 1. The second-order valence-corrected chi connectivity index (χ2v) is 5.51. The van der Waals surface area contributed by atoms with Gasteiger partial charge in [0.05, 0.1) is 0 Å². The number of ether oxygens (including phenoxy) is 1. The Hall–Kier alpha value is -1.35. The summed E-state index contributed by atoms with van der Waals surface area (Å²) in [4.78, 5) is 11.7. The molecule has 0 heterocycles. The van der Waals surface area contributed by atoms with Crippen molar-refractivity contribution in [3.63, 3.8) is 0 Å². The van der Waals surface area contributed by atoms with Crippen LogP contribution in [0.5, 0.6) is 0 Å². The van der Waals surface area contributed by atoms with E-state index in [4.69, 9.17) is 4.74 Å². The van der Waals surface area contributed by atoms with Crippen LogP contribution in [0.25, 0.3) is 0 Å². The van der Waals surface area contributed by atoms with E-state index in [0.29, 0.717) is 6.42 Å². The van der Waals surface area contributed by atoms with E-state index < -0.39 is 0 Å². The van der Waals surface area contributed by atoms with Gasteiger partial charge in [0.15, 0.2) is 0 Å². The van der Waals surface area contributed by atoms with E-state index in [9.17, 15) is 4.79 Å². The average molecular weight is 291 g/mol. The van der Waals surface area contributed by atoms with Crippen LogP contribution in [0.1, 0.15) is 50.2 Å². The van der Waals surface area contributed by atoms with E-state index >= 15 is 0 Å². The molecule has 0 unspecified atom stereocenters. The normalized spacial score (nSPS) is 10.6. The number of unbranched alkanes of at least 4 members (excludes halogenated alkanes) is 1. The lowest BCUT2D eigenvalue weighted by atomic mass is 10.1. The molecule has 3 heteroatoms. The standard InChI is InChI=1S/C18H29NO2/c1-3-4-14-21-15-6-13-19-18(20)8-5-7-17-11-9-16(2)10-12-17/h9-12H,3-8,13-15H2,1-2H3,(H,19,20). The van der Waals surface area contributed by atoms with Gasteiger partial charge in [-0.2, -0.15) is 0 Å². The van der Waals surface area contributed by atoms with Crippen LogP contribution >= 0.6 is 0 Å². The maximum Gasteiger partial charge on any atom is 0.220 e. The molecule has 1 N–H and O–H groups in total. The summed E-state index contributed by atoms with van der Waals surface area (Å²) in [7, 11) is 0. The fourth-order valence-corrected chi connectivity index (χ4v) is 2.05. The number of carbonyl (C=O) groups is 1. The highest BCUT2D eigenvalue weighted by Gasteiger charge is 2.01. The van der Waals surface area contributed by atoms with E-state index in [1.807, 2.05) is 0 Å². The van der Waals surface area contributed by atoms with Gasteiger partial charge in [0, 0.05) is 26.2 Å². The van der Waals surface area contributed by atoms with E-state index in [-0.39, 0.29) is 5.91 Å². The molecule has 118 valence electrons. The Kier molecular flexibility index (Phi) is 9.55. The summed E-state index contributed by atoms with van der Waals surface area (Å²) in [6, 6.07) is 8.52. The van der Waals surface area contributed by atoms with E-state index in [1.54, 1.807) is 0 Å². The second-order valence-electron chi connectivity index (χ2n) is 5.51. The average Bonchev–Trinajstić information content (AvgIpc) is 2.48. The molecule has 0 aliphatic heterocycles. The minimum absolute atomic E-state index is 0.149. The van der Waals surface area contributed by atoms with Crippen LogP contribution in [0, 0.1) is 6.92 Å². The van der Waals surface area contributed by atoms with Gasteiger partial charge in [-0.3, -0.25) is 4.79 Å². The molecule has 1 amide bonds. The van der Waals surface area contributed by atoms with Gasteiger partial charge in [0.25, 0.3) is 0 Å². The molecule has 0 spiro atoms. The quantitative estimate of drug-likeness (QED) is 0.632. The van der Waals surface area contributed by atoms with Crippen molar-refractivity contribution in [2.75, 3.05) is 19.8 Å². The van der Waals surface area contributed by atoms with Crippen LogP contribution < -0.4 is 5.32 Å². The Morgan fingerprint density at radius 3 is 2.52 bits per heavy atom. The Labute approximate surface area is 129 Å². The van der Waals surface area contributed by atoms with E-state index in [0.717, 1.165) is 51.9 Å². The van der Waals surface area contributed by atoms with Gasteiger partial charge in [-0.25, -0.2) is 0 Å². The Morgan fingerprint density at radius 1 is 1.10 bits per heavy atom. The summed E-state index contributed by atoms with van der Waals surface area (Å²) >= 11 is 0. The zero-order valence-electron chi connectivity index (χ0n) is 13.5. The first-order chi connectivity index (χ1) is 10.2. The van der Waals surface area contributed by atoms with Crippen molar-refractivity contribution < 1.29 is 9.53 Å². The van der Waals surface area contributed by atoms with Crippen molar-refractivity contribution in [2.24, 2.45) is 0 Å². The lowest BCUT2D eigenvalue weighted by Gasteiger charge is -2.06. The molecule has 3 nitrogen and oxygen atoms in total. The maximum absolute atomic E-state index is 11.7. The van der Waals surface area contributed by atoms with Crippen molar-refractivity contribution in [2.45, 2.75) is 52.4 Å². The van der Waals surface area contributed by atoms with Gasteiger partial charge in [-0.15, -0.1) is 0 Å². The molecule has 0 aliphatic rings. The molecular weight excluding hydrogens is 262 g/mol. The minimum Gasteiger partial charge on any atom is -0.381 e. The first-order valence-electron chi connectivity index (χ1n) is 8.12. The first-order valence-corrected chi connectivity index (χ1v) is 8.12. The van der Waals surface area contributed by atoms with Gasteiger partial charge in [0.1, 0.15) is 0 Å². The number of rotatable bonds is 11. The Balaban J connectivity index is 1.97. The second kappa shape index (κ2) is 11.3. The third kappa shape index (κ3) is 9.24. The third-order valence-corrected chi connectivity index (χ3v) is 3.42. The topological polar surface area (TPSA) is 38.3 Å². The monoisotopic (exact) mass is 291 g/mol. The fourth-order valence-electron chi connectivity index (χ4n) is 2.05. The number of carbonyl (C=O) groups excluding carboxylic acids is 1. The van der Waals surface area contributed by atoms with Crippen molar-refractivity contribution in [1.82, 2.24) is 5.32 Å². The smallest absolute Gasteiger partial charge is 0.220 e. The highest BCUT2D eigenvalue weighted by Crippen LogP contribution is 2.07. The summed E-state index contributed by atoms with van der Waals surface area (Å²) in [5.41, 5.74) is 2.58. The number of hydrogen-bond donors (Lipinski definition) is 1. The highest BCUT2D eigenvalue weighted by atomic mass is 16.5. The number of amides is 1. The molecule has 1 aromatic carbocycles. The van der Waals surface area contributed by atoms with Gasteiger partial charge in [-0.1, -0.05) is 43.2 Å². The number of benzene rings is 1. The van der Waals surface area contributed by atoms with Crippen LogP contribution in [-0.4, -0.2) is 25.7 Å². The molecule has 0 saturated carbocycles. The van der Waals surface area contributed by atoms with Gasteiger partial charge >= 0.3 is 0 Å². The summed E-state index contributed by atoms with van der Waals surface area (Å²) in [6.07, 6.45) is 5.65. The summed E-state index contributed by atoms with van der Waals surface area (Å²) < 4.78 is 5.45. The molecule has 0 aromatic heterocycles. The lowest BCUT2D eigenvalue weighted by Crippen LogP contribution is -2.25. The zero-order valence-corrected chi connectivity index (χ0v) is 13.5. The molecule has 0 aliphatic carbocycles. The molecule has 0 saturated heterocycles.